The van der Waals surface area contributed by atoms with Crippen LogP contribution in [-0.2, 0) is 5.41 Å². The van der Waals surface area contributed by atoms with Crippen molar-refractivity contribution in [3.63, 3.8) is 0 Å². The maximum atomic E-state index is 8.95. The van der Waals surface area contributed by atoms with Crippen LogP contribution >= 0.6 is 0 Å². The van der Waals surface area contributed by atoms with Crippen LogP contribution in [0.25, 0.3) is 4.85 Å². The largest absolute Gasteiger partial charge is 0.238 e. The summed E-state index contributed by atoms with van der Waals surface area (Å²) < 4.78 is 0. The zero-order chi connectivity index (χ0) is 10.8. The molecule has 0 amide bonds. The van der Waals surface area contributed by atoms with Crippen molar-refractivity contribution in [2.75, 3.05) is 0 Å². The van der Waals surface area contributed by atoms with Crippen molar-refractivity contribution in [2.45, 2.75) is 26.2 Å². The molecule has 0 aromatic heterocycles. The van der Waals surface area contributed by atoms with E-state index in [2.05, 4.69) is 31.7 Å². The molecule has 1 aromatic carbocycles. The molecule has 0 fully saturated rings. The topological polar surface area (TPSA) is 28.1 Å². The van der Waals surface area contributed by atoms with Gasteiger partial charge in [0.2, 0.25) is 0 Å². The lowest BCUT2D eigenvalue weighted by Crippen LogP contribution is -2.12. The Hall–Kier alpha value is -1.80. The molecule has 0 N–H and O–H groups in total. The van der Waals surface area contributed by atoms with Gasteiger partial charge in [-0.2, -0.15) is 5.26 Å². The normalized spacial score (nSPS) is 10.4. The first-order chi connectivity index (χ1) is 6.49. The molecule has 0 aliphatic carbocycles. The Bertz CT molecular complexity index is 425. The Balaban J connectivity index is 3.37. The van der Waals surface area contributed by atoms with Crippen LogP contribution in [-0.4, -0.2) is 0 Å². The minimum absolute atomic E-state index is 0.0500. The van der Waals surface area contributed by atoms with Crippen molar-refractivity contribution in [3.05, 3.63) is 40.7 Å². The van der Waals surface area contributed by atoms with Gasteiger partial charge in [-0.3, -0.25) is 0 Å². The Labute approximate surface area is 84.6 Å². The summed E-state index contributed by atoms with van der Waals surface area (Å²) in [5, 5.41) is 8.95. The van der Waals surface area contributed by atoms with E-state index in [0.717, 1.165) is 5.56 Å². The van der Waals surface area contributed by atoms with E-state index in [0.29, 0.717) is 11.3 Å². The maximum absolute atomic E-state index is 8.95. The van der Waals surface area contributed by atoms with Crippen LogP contribution in [0, 0.1) is 17.9 Å². The average Bonchev–Trinajstić information content (AvgIpc) is 2.15. The van der Waals surface area contributed by atoms with Crippen molar-refractivity contribution in [1.29, 1.82) is 5.26 Å². The molecule has 0 aliphatic heterocycles. The van der Waals surface area contributed by atoms with Crippen LogP contribution in [0.4, 0.5) is 5.69 Å². The summed E-state index contributed by atoms with van der Waals surface area (Å²) in [6, 6.07) is 7.41. The number of hydrogen-bond acceptors (Lipinski definition) is 1. The lowest BCUT2D eigenvalue weighted by Gasteiger charge is -2.20. The molecule has 2 nitrogen and oxygen atoms in total. The summed E-state index contributed by atoms with van der Waals surface area (Å²) in [6.07, 6.45) is 0. The molecule has 0 radical (unpaired) electrons. The fraction of sp³-hybridized carbons (Fsp3) is 0.333. The van der Waals surface area contributed by atoms with Gasteiger partial charge in [0.1, 0.15) is 0 Å². The lowest BCUT2D eigenvalue weighted by atomic mass is 9.84. The SMILES string of the molecule is [C-]#[N+]c1ccc(C(C)(C)C)c(C#N)c1. The van der Waals surface area contributed by atoms with Gasteiger partial charge >= 0.3 is 0 Å². The van der Waals surface area contributed by atoms with E-state index in [-0.39, 0.29) is 5.41 Å². The molecular weight excluding hydrogens is 172 g/mol. The van der Waals surface area contributed by atoms with E-state index in [1.807, 2.05) is 6.07 Å². The molecule has 2 heteroatoms. The molecule has 0 saturated carbocycles. The van der Waals surface area contributed by atoms with Gasteiger partial charge in [0.05, 0.1) is 12.6 Å². The minimum atomic E-state index is -0.0500. The number of nitriles is 1. The van der Waals surface area contributed by atoms with Gasteiger partial charge in [-0.25, -0.2) is 4.85 Å². The predicted molar refractivity (Wildman–Crippen MR) is 56.1 cm³/mol. The molecule has 0 unspecified atom stereocenters. The molecule has 0 saturated heterocycles. The molecule has 0 atom stereocenters. The third-order valence-electron chi connectivity index (χ3n) is 2.06. The summed E-state index contributed by atoms with van der Waals surface area (Å²) in [7, 11) is 0. The van der Waals surface area contributed by atoms with Gasteiger partial charge in [-0.15, -0.1) is 0 Å². The molecular formula is C12H12N2. The Morgan fingerprint density at radius 3 is 2.43 bits per heavy atom. The molecule has 1 aromatic rings. The summed E-state index contributed by atoms with van der Waals surface area (Å²) >= 11 is 0. The third-order valence-corrected chi connectivity index (χ3v) is 2.06. The number of nitrogens with zero attached hydrogens (tertiary/aromatic N) is 2. The highest BCUT2D eigenvalue weighted by Crippen LogP contribution is 2.28. The fourth-order valence-corrected chi connectivity index (χ4v) is 1.35. The fourth-order valence-electron chi connectivity index (χ4n) is 1.35. The van der Waals surface area contributed by atoms with Crippen molar-refractivity contribution < 1.29 is 0 Å². The third kappa shape index (κ3) is 1.92. The van der Waals surface area contributed by atoms with E-state index >= 15 is 0 Å². The zero-order valence-electron chi connectivity index (χ0n) is 8.63. The average molecular weight is 184 g/mol. The van der Waals surface area contributed by atoms with Crippen LogP contribution in [0.3, 0.4) is 0 Å². The van der Waals surface area contributed by atoms with Crippen LogP contribution < -0.4 is 0 Å². The van der Waals surface area contributed by atoms with E-state index in [1.165, 1.54) is 0 Å². The second-order valence-electron chi connectivity index (χ2n) is 4.20. The number of rotatable bonds is 0. The first kappa shape index (κ1) is 10.3. The van der Waals surface area contributed by atoms with Gasteiger partial charge < -0.3 is 0 Å². The molecule has 14 heavy (non-hydrogen) atoms. The predicted octanol–water partition coefficient (Wildman–Crippen LogP) is 3.41. The van der Waals surface area contributed by atoms with Gasteiger partial charge in [0, 0.05) is 5.56 Å². The van der Waals surface area contributed by atoms with Gasteiger partial charge in [-0.05, 0) is 17.0 Å². The van der Waals surface area contributed by atoms with Crippen LogP contribution in [0.5, 0.6) is 0 Å². The standard InChI is InChI=1S/C12H12N2/c1-12(2,3)11-6-5-10(14-4)7-9(11)8-13/h5-7H,1-3H3. The second-order valence-corrected chi connectivity index (χ2v) is 4.20. The molecule has 1 rings (SSSR count). The highest BCUT2D eigenvalue weighted by atomic mass is 14.6. The lowest BCUT2D eigenvalue weighted by molar-refractivity contribution is 0.588. The van der Waals surface area contributed by atoms with Crippen molar-refractivity contribution >= 4 is 5.69 Å². The van der Waals surface area contributed by atoms with Crippen LogP contribution in [0.2, 0.25) is 0 Å². The number of benzene rings is 1. The Kier molecular flexibility index (Phi) is 2.58. The molecule has 0 aliphatic rings. The van der Waals surface area contributed by atoms with E-state index in [1.54, 1.807) is 12.1 Å². The highest BCUT2D eigenvalue weighted by Gasteiger charge is 2.17. The van der Waals surface area contributed by atoms with E-state index in [4.69, 9.17) is 11.8 Å². The maximum Gasteiger partial charge on any atom is 0.188 e. The highest BCUT2D eigenvalue weighted by molar-refractivity contribution is 5.54. The van der Waals surface area contributed by atoms with E-state index in [9.17, 15) is 0 Å². The minimum Gasteiger partial charge on any atom is -0.238 e. The first-order valence-corrected chi connectivity index (χ1v) is 4.41. The Morgan fingerprint density at radius 2 is 2.00 bits per heavy atom. The van der Waals surface area contributed by atoms with Gasteiger partial charge in [0.15, 0.2) is 5.69 Å². The van der Waals surface area contributed by atoms with Crippen molar-refractivity contribution in [1.82, 2.24) is 0 Å². The second kappa shape index (κ2) is 3.52. The van der Waals surface area contributed by atoms with Crippen molar-refractivity contribution in [2.24, 2.45) is 0 Å². The van der Waals surface area contributed by atoms with Crippen LogP contribution in [0.15, 0.2) is 18.2 Å². The van der Waals surface area contributed by atoms with Crippen LogP contribution in [0.1, 0.15) is 31.9 Å². The summed E-state index contributed by atoms with van der Waals surface area (Å²) in [5.74, 6) is 0. The summed E-state index contributed by atoms with van der Waals surface area (Å²) in [4.78, 5) is 3.30. The van der Waals surface area contributed by atoms with E-state index < -0.39 is 0 Å². The molecule has 0 heterocycles. The Morgan fingerprint density at radius 1 is 1.36 bits per heavy atom. The van der Waals surface area contributed by atoms with Gasteiger partial charge in [0.25, 0.3) is 0 Å². The zero-order valence-corrected chi connectivity index (χ0v) is 8.63. The number of hydrogen-bond donors (Lipinski definition) is 0. The smallest absolute Gasteiger partial charge is 0.188 e. The molecule has 70 valence electrons. The molecule has 0 spiro atoms. The quantitative estimate of drug-likeness (QED) is 0.568. The van der Waals surface area contributed by atoms with Gasteiger partial charge in [-0.1, -0.05) is 32.9 Å². The summed E-state index contributed by atoms with van der Waals surface area (Å²) in [6.45, 7) is 13.0. The molecule has 0 bridgehead atoms. The first-order valence-electron chi connectivity index (χ1n) is 4.41. The van der Waals surface area contributed by atoms with Crippen molar-refractivity contribution in [3.8, 4) is 6.07 Å². The summed E-state index contributed by atoms with van der Waals surface area (Å²) in [5.41, 5.74) is 2.07. The monoisotopic (exact) mass is 184 g/mol.